The first-order valence-electron chi connectivity index (χ1n) is 6.82. The molecule has 0 aliphatic carbocycles. The number of halogens is 4. The molecule has 0 spiro atoms. The highest BCUT2D eigenvalue weighted by Gasteiger charge is 2.38. The summed E-state index contributed by atoms with van der Waals surface area (Å²) in [7, 11) is 0. The summed E-state index contributed by atoms with van der Waals surface area (Å²) in [5.74, 6) is -2.06. The van der Waals surface area contributed by atoms with E-state index in [1.807, 2.05) is 21.8 Å². The van der Waals surface area contributed by atoms with Crippen molar-refractivity contribution in [1.82, 2.24) is 30.1 Å². The van der Waals surface area contributed by atoms with Gasteiger partial charge in [0.05, 0.1) is 23.4 Å². The van der Waals surface area contributed by atoms with Crippen molar-refractivity contribution in [3.05, 3.63) is 28.8 Å². The third kappa shape index (κ3) is 5.60. The molecule has 8 nitrogen and oxygen atoms in total. The van der Waals surface area contributed by atoms with Crippen LogP contribution in [0.2, 0.25) is 0 Å². The Morgan fingerprint density at radius 3 is 2.50 bits per heavy atom. The summed E-state index contributed by atoms with van der Waals surface area (Å²) in [6.07, 6.45) is 0.604. The molecule has 0 unspecified atom stereocenters. The number of carboxylic acid groups (broad SMARTS) is 1. The number of nitrogens with zero attached hydrogens (tertiary/aromatic N) is 5. The van der Waals surface area contributed by atoms with Crippen LogP contribution in [0.5, 0.6) is 0 Å². The Bertz CT molecular complexity index is 682. The van der Waals surface area contributed by atoms with Gasteiger partial charge in [0.25, 0.3) is 0 Å². The first-order chi connectivity index (χ1) is 11.2. The molecule has 1 saturated heterocycles. The van der Waals surface area contributed by atoms with Gasteiger partial charge in [-0.25, -0.2) is 4.79 Å². The molecular formula is C12H14BrF3N6O2. The van der Waals surface area contributed by atoms with Crippen molar-refractivity contribution in [2.75, 3.05) is 13.1 Å². The quantitative estimate of drug-likeness (QED) is 0.784. The third-order valence-corrected chi connectivity index (χ3v) is 3.48. The zero-order chi connectivity index (χ0) is 17.7. The molecule has 24 heavy (non-hydrogen) atoms. The molecule has 3 rings (SSSR count). The summed E-state index contributed by atoms with van der Waals surface area (Å²) < 4.78 is 36.5. The maximum atomic E-state index is 10.6. The molecule has 12 heteroatoms. The smallest absolute Gasteiger partial charge is 0.475 e. The van der Waals surface area contributed by atoms with E-state index in [0.717, 1.165) is 29.8 Å². The van der Waals surface area contributed by atoms with Crippen LogP contribution >= 0.6 is 15.9 Å². The summed E-state index contributed by atoms with van der Waals surface area (Å²) in [5.41, 5.74) is 0.938. The lowest BCUT2D eigenvalue weighted by Gasteiger charge is -2.26. The highest BCUT2D eigenvalue weighted by Crippen LogP contribution is 2.13. The Morgan fingerprint density at radius 1 is 1.38 bits per heavy atom. The number of nitrogens with one attached hydrogen (secondary N) is 1. The lowest BCUT2D eigenvalue weighted by Crippen LogP contribution is -2.44. The molecule has 2 aromatic heterocycles. The molecule has 2 N–H and O–H groups in total. The largest absolute Gasteiger partial charge is 0.490 e. The van der Waals surface area contributed by atoms with E-state index in [1.165, 1.54) is 0 Å². The van der Waals surface area contributed by atoms with Crippen LogP contribution in [0.3, 0.4) is 0 Å². The Hall–Kier alpha value is -1.95. The topological polar surface area (TPSA) is 97.9 Å². The fraction of sp³-hybridized carbons (Fsp3) is 0.500. The van der Waals surface area contributed by atoms with Crippen LogP contribution in [-0.2, 0) is 17.9 Å². The average Bonchev–Trinajstić information content (AvgIpc) is 3.03. The van der Waals surface area contributed by atoms with Gasteiger partial charge < -0.3 is 10.4 Å². The summed E-state index contributed by atoms with van der Waals surface area (Å²) in [6.45, 7) is 3.78. The van der Waals surface area contributed by atoms with E-state index in [4.69, 9.17) is 9.90 Å². The number of aliphatic carboxylic acids is 1. The van der Waals surface area contributed by atoms with Gasteiger partial charge in [0.1, 0.15) is 5.69 Å². The maximum Gasteiger partial charge on any atom is 0.490 e. The van der Waals surface area contributed by atoms with Crippen LogP contribution in [0.15, 0.2) is 23.1 Å². The van der Waals surface area contributed by atoms with Crippen molar-refractivity contribution in [3.8, 4) is 0 Å². The standard InChI is InChI=1S/C10H13BrN6.C2HF3O2/c11-9-3-13-16(5-9)6-10-7-17(15-14-10)4-8-1-12-2-8;3-2(4,5)1(6)7/h3,5,7-8,12H,1-2,4,6H2;(H,6,7). The second kappa shape index (κ2) is 7.75. The van der Waals surface area contributed by atoms with Gasteiger partial charge in [0.2, 0.25) is 0 Å². The highest BCUT2D eigenvalue weighted by atomic mass is 79.9. The van der Waals surface area contributed by atoms with Crippen LogP contribution in [0.25, 0.3) is 0 Å². The van der Waals surface area contributed by atoms with Gasteiger partial charge in [-0.1, -0.05) is 5.21 Å². The van der Waals surface area contributed by atoms with Crippen LogP contribution in [0.1, 0.15) is 5.69 Å². The first kappa shape index (κ1) is 18.4. The summed E-state index contributed by atoms with van der Waals surface area (Å²) in [4.78, 5) is 8.90. The van der Waals surface area contributed by atoms with Crippen molar-refractivity contribution < 1.29 is 23.1 Å². The van der Waals surface area contributed by atoms with Crippen LogP contribution in [-0.4, -0.2) is 55.1 Å². The molecule has 1 fully saturated rings. The van der Waals surface area contributed by atoms with Gasteiger partial charge in [-0.15, -0.1) is 5.10 Å². The van der Waals surface area contributed by atoms with Crippen molar-refractivity contribution in [1.29, 1.82) is 0 Å². The van der Waals surface area contributed by atoms with Crippen LogP contribution in [0.4, 0.5) is 13.2 Å². The molecule has 3 heterocycles. The first-order valence-corrected chi connectivity index (χ1v) is 7.61. The van der Waals surface area contributed by atoms with Crippen LogP contribution < -0.4 is 5.32 Å². The summed E-state index contributed by atoms with van der Waals surface area (Å²) >= 11 is 3.37. The second-order valence-corrected chi connectivity index (χ2v) is 6.03. The van der Waals surface area contributed by atoms with Gasteiger partial charge in [0.15, 0.2) is 0 Å². The average molecular weight is 411 g/mol. The predicted octanol–water partition coefficient (Wildman–Crippen LogP) is 1.14. The zero-order valence-corrected chi connectivity index (χ0v) is 13.8. The minimum atomic E-state index is -5.08. The molecule has 0 amide bonds. The number of carboxylic acids is 1. The summed E-state index contributed by atoms with van der Waals surface area (Å²) in [6, 6.07) is 0. The van der Waals surface area contributed by atoms with Gasteiger partial charge >= 0.3 is 12.1 Å². The zero-order valence-electron chi connectivity index (χ0n) is 12.2. The van der Waals surface area contributed by atoms with E-state index in [1.54, 1.807) is 6.20 Å². The lowest BCUT2D eigenvalue weighted by molar-refractivity contribution is -0.192. The SMILES string of the molecule is Brc1cnn(Cc2cn(CC3CNC3)nn2)c1.O=C(O)C(F)(F)F. The Labute approximate surface area is 142 Å². The van der Waals surface area contributed by atoms with E-state index in [-0.39, 0.29) is 0 Å². The molecule has 0 saturated carbocycles. The van der Waals surface area contributed by atoms with Crippen molar-refractivity contribution in [3.63, 3.8) is 0 Å². The highest BCUT2D eigenvalue weighted by molar-refractivity contribution is 9.10. The van der Waals surface area contributed by atoms with E-state index in [2.05, 4.69) is 36.7 Å². The fourth-order valence-corrected chi connectivity index (χ4v) is 2.16. The molecule has 0 aromatic carbocycles. The number of hydrogen-bond donors (Lipinski definition) is 2. The number of rotatable bonds is 4. The van der Waals surface area contributed by atoms with Gasteiger partial charge in [-0.3, -0.25) is 9.36 Å². The van der Waals surface area contributed by atoms with E-state index < -0.39 is 12.1 Å². The maximum absolute atomic E-state index is 10.6. The van der Waals surface area contributed by atoms with Crippen molar-refractivity contribution in [2.45, 2.75) is 19.3 Å². The Kier molecular flexibility index (Phi) is 5.94. The Morgan fingerprint density at radius 2 is 2.04 bits per heavy atom. The molecule has 0 radical (unpaired) electrons. The van der Waals surface area contributed by atoms with Crippen molar-refractivity contribution >= 4 is 21.9 Å². The number of carbonyl (C=O) groups is 1. The Balaban J connectivity index is 0.000000256. The minimum Gasteiger partial charge on any atom is -0.475 e. The molecular weight excluding hydrogens is 397 g/mol. The minimum absolute atomic E-state index is 0.661. The monoisotopic (exact) mass is 410 g/mol. The number of alkyl halides is 3. The van der Waals surface area contributed by atoms with E-state index >= 15 is 0 Å². The van der Waals surface area contributed by atoms with Gasteiger partial charge in [-0.2, -0.15) is 18.3 Å². The fourth-order valence-electron chi connectivity index (χ4n) is 1.83. The second-order valence-electron chi connectivity index (χ2n) is 5.12. The predicted molar refractivity (Wildman–Crippen MR) is 79.1 cm³/mol. The molecule has 1 aliphatic rings. The molecule has 0 bridgehead atoms. The van der Waals surface area contributed by atoms with E-state index in [9.17, 15) is 13.2 Å². The molecule has 2 aromatic rings. The molecule has 0 atom stereocenters. The normalized spacial score (nSPS) is 14.7. The lowest BCUT2D eigenvalue weighted by atomic mass is 10.0. The van der Waals surface area contributed by atoms with Gasteiger partial charge in [0, 0.05) is 31.7 Å². The molecule has 132 valence electrons. The number of hydrogen-bond acceptors (Lipinski definition) is 5. The molecule has 1 aliphatic heterocycles. The van der Waals surface area contributed by atoms with Crippen molar-refractivity contribution in [2.24, 2.45) is 5.92 Å². The summed E-state index contributed by atoms with van der Waals surface area (Å²) in [5, 5.41) is 22.8. The van der Waals surface area contributed by atoms with E-state index in [0.29, 0.717) is 12.5 Å². The van der Waals surface area contributed by atoms with Gasteiger partial charge in [-0.05, 0) is 15.9 Å². The van der Waals surface area contributed by atoms with Crippen LogP contribution in [0, 0.1) is 5.92 Å². The number of aromatic nitrogens is 5. The third-order valence-electron chi connectivity index (χ3n) is 3.07.